The molecule has 4 atom stereocenters. The minimum absolute atomic E-state index is 0.141. The molecule has 1 saturated heterocycles. The molecule has 1 aliphatic carbocycles. The fraction of sp³-hybridized carbons (Fsp3) is 0.517. The van der Waals surface area contributed by atoms with Crippen molar-refractivity contribution in [1.29, 1.82) is 0 Å². The van der Waals surface area contributed by atoms with E-state index in [9.17, 15) is 14.4 Å². The predicted molar refractivity (Wildman–Crippen MR) is 149 cm³/mol. The van der Waals surface area contributed by atoms with Crippen molar-refractivity contribution in [2.24, 2.45) is 5.92 Å². The van der Waals surface area contributed by atoms with Crippen LogP contribution in [0.15, 0.2) is 36.4 Å². The molecule has 3 amide bonds. The summed E-state index contributed by atoms with van der Waals surface area (Å²) in [6, 6.07) is 6.13. The van der Waals surface area contributed by atoms with Gasteiger partial charge in [-0.05, 0) is 62.3 Å². The Morgan fingerprint density at radius 3 is 2.85 bits per heavy atom. The Kier molecular flexibility index (Phi) is 8.07. The van der Waals surface area contributed by atoms with Gasteiger partial charge >= 0.3 is 12.0 Å². The largest absolute Gasteiger partial charge is 0.497 e. The number of allylic oxidation sites excluding steroid dienone is 1. The molecule has 5 rings (SSSR count). The van der Waals surface area contributed by atoms with Crippen LogP contribution in [0, 0.1) is 5.92 Å². The summed E-state index contributed by atoms with van der Waals surface area (Å²) in [6.45, 7) is 2.71. The molecule has 2 aliphatic heterocycles. The van der Waals surface area contributed by atoms with E-state index in [0.717, 1.165) is 30.0 Å². The topological polar surface area (TPSA) is 110 Å². The van der Waals surface area contributed by atoms with E-state index < -0.39 is 29.6 Å². The number of hydrogen-bond acceptors (Lipinski definition) is 7. The van der Waals surface area contributed by atoms with Crippen molar-refractivity contribution in [3.05, 3.63) is 41.6 Å². The van der Waals surface area contributed by atoms with Gasteiger partial charge < -0.3 is 29.3 Å². The molecule has 11 heteroatoms. The summed E-state index contributed by atoms with van der Waals surface area (Å²) in [5.41, 5.74) is -1.11. The lowest BCUT2D eigenvalue weighted by Gasteiger charge is -2.30. The number of ether oxygens (including phenoxy) is 3. The van der Waals surface area contributed by atoms with Crippen molar-refractivity contribution in [1.82, 2.24) is 20.1 Å². The summed E-state index contributed by atoms with van der Waals surface area (Å²) in [7, 11) is 3.33. The Bertz CT molecular complexity index is 1340. The molecule has 40 heavy (non-hydrogen) atoms. The summed E-state index contributed by atoms with van der Waals surface area (Å²) >= 11 is 6.30. The van der Waals surface area contributed by atoms with E-state index in [-0.39, 0.29) is 36.7 Å². The molecule has 1 aromatic carbocycles. The van der Waals surface area contributed by atoms with Crippen LogP contribution in [0.25, 0.3) is 10.8 Å². The number of hydrogen-bond donors (Lipinski definition) is 1. The van der Waals surface area contributed by atoms with Crippen molar-refractivity contribution in [2.45, 2.75) is 56.7 Å². The molecule has 1 aromatic heterocycles. The van der Waals surface area contributed by atoms with Crippen LogP contribution >= 0.6 is 11.6 Å². The second-order valence-electron chi connectivity index (χ2n) is 10.6. The van der Waals surface area contributed by atoms with E-state index in [0.29, 0.717) is 24.6 Å². The molecule has 2 fully saturated rings. The van der Waals surface area contributed by atoms with Gasteiger partial charge in [0.05, 0.1) is 20.3 Å². The number of esters is 1. The summed E-state index contributed by atoms with van der Waals surface area (Å²) in [5, 5.41) is 4.75. The number of fused-ring (bicyclic) bond motifs is 3. The highest BCUT2D eigenvalue weighted by molar-refractivity contribution is 6.30. The fourth-order valence-electron chi connectivity index (χ4n) is 5.59. The maximum absolute atomic E-state index is 13.7. The number of rotatable bonds is 5. The van der Waals surface area contributed by atoms with Crippen LogP contribution in [0.1, 0.15) is 39.0 Å². The Hall–Kier alpha value is -3.53. The minimum atomic E-state index is -1.11. The lowest BCUT2D eigenvalue weighted by molar-refractivity contribution is -0.149. The van der Waals surface area contributed by atoms with E-state index in [4.69, 9.17) is 25.8 Å². The van der Waals surface area contributed by atoms with Gasteiger partial charge in [0.2, 0.25) is 11.8 Å². The summed E-state index contributed by atoms with van der Waals surface area (Å²) in [4.78, 5) is 47.8. The van der Waals surface area contributed by atoms with Crippen LogP contribution in [0.2, 0.25) is 5.15 Å². The van der Waals surface area contributed by atoms with Gasteiger partial charge in [0.1, 0.15) is 28.6 Å². The van der Waals surface area contributed by atoms with Crippen molar-refractivity contribution in [3.8, 4) is 11.6 Å². The second kappa shape index (κ2) is 11.5. The number of nitrogens with zero attached hydrogens (tertiary/aromatic N) is 3. The third-order valence-electron chi connectivity index (χ3n) is 7.87. The molecule has 0 spiro atoms. The van der Waals surface area contributed by atoms with Gasteiger partial charge in [0, 0.05) is 31.3 Å². The highest BCUT2D eigenvalue weighted by Gasteiger charge is 2.62. The molecule has 3 aliphatic rings. The first kappa shape index (κ1) is 28.0. The zero-order chi connectivity index (χ0) is 28.4. The maximum Gasteiger partial charge on any atom is 0.332 e. The SMILES string of the molecule is CCOC(=O)[C@@]12C[C@H]1C=CCCCCN(C)C(=O)N1C[C@H](Oc3nc(Cl)cc4cc(OC)ccc34)C[C@H]1C(=O)N2. The van der Waals surface area contributed by atoms with E-state index in [1.165, 1.54) is 4.90 Å². The number of halogens is 1. The Morgan fingerprint density at radius 1 is 1.25 bits per heavy atom. The number of methoxy groups -OCH3 is 1. The molecular formula is C29H35ClN4O6. The molecule has 214 valence electrons. The molecule has 10 nitrogen and oxygen atoms in total. The Labute approximate surface area is 238 Å². The Morgan fingerprint density at radius 2 is 2.08 bits per heavy atom. The average Bonchev–Trinajstić information content (AvgIpc) is 3.46. The number of nitrogens with one attached hydrogen (secondary N) is 1. The normalized spacial score (nSPS) is 26.9. The quantitative estimate of drug-likeness (QED) is 0.329. The predicted octanol–water partition coefficient (Wildman–Crippen LogP) is 3.95. The molecule has 1 N–H and O–H groups in total. The second-order valence-corrected chi connectivity index (χ2v) is 11.0. The molecule has 3 heterocycles. The van der Waals surface area contributed by atoms with E-state index in [2.05, 4.69) is 16.4 Å². The number of aromatic nitrogens is 1. The van der Waals surface area contributed by atoms with Gasteiger partial charge in [-0.3, -0.25) is 4.79 Å². The van der Waals surface area contributed by atoms with Gasteiger partial charge in [-0.25, -0.2) is 14.6 Å². The summed E-state index contributed by atoms with van der Waals surface area (Å²) in [5.74, 6) is 0.000220. The van der Waals surface area contributed by atoms with Gasteiger partial charge in [0.25, 0.3) is 0 Å². The number of carbonyl (C=O) groups excluding carboxylic acids is 3. The van der Waals surface area contributed by atoms with Gasteiger partial charge in [-0.2, -0.15) is 0 Å². The highest BCUT2D eigenvalue weighted by Crippen LogP contribution is 2.46. The lowest BCUT2D eigenvalue weighted by atomic mass is 10.1. The van der Waals surface area contributed by atoms with Crippen LogP contribution in [0.5, 0.6) is 11.6 Å². The van der Waals surface area contributed by atoms with Crippen molar-refractivity contribution >= 4 is 40.3 Å². The lowest BCUT2D eigenvalue weighted by Crippen LogP contribution is -2.55. The third-order valence-corrected chi connectivity index (χ3v) is 8.07. The average molecular weight is 571 g/mol. The number of carbonyl (C=O) groups is 3. The number of amides is 3. The molecular weight excluding hydrogens is 536 g/mol. The molecule has 0 unspecified atom stereocenters. The minimum Gasteiger partial charge on any atom is -0.497 e. The van der Waals surface area contributed by atoms with Crippen molar-refractivity contribution < 1.29 is 28.6 Å². The molecule has 0 radical (unpaired) electrons. The maximum atomic E-state index is 13.7. The number of benzene rings is 1. The molecule has 2 aromatic rings. The smallest absolute Gasteiger partial charge is 0.332 e. The van der Waals surface area contributed by atoms with Gasteiger partial charge in [-0.15, -0.1) is 0 Å². The van der Waals surface area contributed by atoms with Crippen LogP contribution in [0.3, 0.4) is 0 Å². The zero-order valence-electron chi connectivity index (χ0n) is 23.0. The third kappa shape index (κ3) is 5.54. The standard InChI is InChI=1S/C29H35ClN4O6/c1-4-39-27(36)29-16-19(29)9-7-5-6-8-12-33(2)28(37)34-17-21(15-23(34)25(35)32-29)40-26-22-11-10-20(38-3)13-18(22)14-24(30)31-26/h7,9-11,13-14,19,21,23H,4-6,8,12,15-17H2,1-3H3,(H,32,35)/t19-,21-,23+,29-/m1/s1. The fourth-order valence-corrected chi connectivity index (χ4v) is 5.78. The first-order valence-electron chi connectivity index (χ1n) is 13.7. The molecule has 1 saturated carbocycles. The molecule has 0 bridgehead atoms. The van der Waals surface area contributed by atoms with E-state index in [1.54, 1.807) is 32.0 Å². The first-order chi connectivity index (χ1) is 19.3. The Balaban J connectivity index is 1.43. The van der Waals surface area contributed by atoms with E-state index >= 15 is 0 Å². The summed E-state index contributed by atoms with van der Waals surface area (Å²) in [6.07, 6.45) is 6.80. The van der Waals surface area contributed by atoms with Crippen molar-refractivity contribution in [3.63, 3.8) is 0 Å². The first-order valence-corrected chi connectivity index (χ1v) is 14.1. The van der Waals surface area contributed by atoms with Gasteiger partial charge in [-0.1, -0.05) is 23.8 Å². The number of pyridine rings is 1. The highest BCUT2D eigenvalue weighted by atomic mass is 35.5. The van der Waals surface area contributed by atoms with Crippen LogP contribution in [0.4, 0.5) is 4.79 Å². The summed E-state index contributed by atoms with van der Waals surface area (Å²) < 4.78 is 17.0. The van der Waals surface area contributed by atoms with Crippen LogP contribution in [-0.2, 0) is 14.3 Å². The zero-order valence-corrected chi connectivity index (χ0v) is 23.8. The van der Waals surface area contributed by atoms with Crippen LogP contribution in [-0.4, -0.2) is 84.2 Å². The van der Waals surface area contributed by atoms with Gasteiger partial charge in [0.15, 0.2) is 0 Å². The monoisotopic (exact) mass is 570 g/mol. The number of urea groups is 1. The van der Waals surface area contributed by atoms with Crippen LogP contribution < -0.4 is 14.8 Å². The van der Waals surface area contributed by atoms with Crippen molar-refractivity contribution in [2.75, 3.05) is 33.9 Å². The van der Waals surface area contributed by atoms with E-state index in [1.807, 2.05) is 24.3 Å².